The smallest absolute Gasteiger partial charge is 0.341 e. The van der Waals surface area contributed by atoms with Crippen molar-refractivity contribution in [3.8, 4) is 0 Å². The van der Waals surface area contributed by atoms with E-state index < -0.39 is 17.6 Å². The highest BCUT2D eigenvalue weighted by Gasteiger charge is 2.34. The van der Waals surface area contributed by atoms with Crippen molar-refractivity contribution in [3.63, 3.8) is 0 Å². The normalized spacial score (nSPS) is 13.1. The Kier molecular flexibility index (Phi) is 5.06. The van der Waals surface area contributed by atoms with Gasteiger partial charge in [-0.2, -0.15) is 0 Å². The van der Waals surface area contributed by atoms with E-state index in [2.05, 4.69) is 0 Å². The lowest BCUT2D eigenvalue weighted by Gasteiger charge is -2.13. The van der Waals surface area contributed by atoms with Crippen LogP contribution >= 0.6 is 0 Å². The summed E-state index contributed by atoms with van der Waals surface area (Å²) in [6.07, 6.45) is 0.826. The third-order valence-electron chi connectivity index (χ3n) is 4.04. The predicted octanol–water partition coefficient (Wildman–Crippen LogP) is 3.20. The van der Waals surface area contributed by atoms with E-state index >= 15 is 0 Å². The summed E-state index contributed by atoms with van der Waals surface area (Å²) in [7, 11) is 0. The first-order valence-corrected chi connectivity index (χ1v) is 8.06. The number of imide groups is 1. The molecule has 0 aromatic heterocycles. The molecule has 2 aromatic rings. The second kappa shape index (κ2) is 7.43. The fourth-order valence-electron chi connectivity index (χ4n) is 2.71. The van der Waals surface area contributed by atoms with Crippen molar-refractivity contribution in [3.05, 3.63) is 70.8 Å². The minimum absolute atomic E-state index is 0.00117. The number of carbonyl (C=O) groups excluding carboxylic acids is 3. The van der Waals surface area contributed by atoms with E-state index in [1.54, 1.807) is 24.3 Å². The molecule has 1 aliphatic heterocycles. The van der Waals surface area contributed by atoms with Gasteiger partial charge in [0.05, 0.1) is 23.3 Å². The van der Waals surface area contributed by atoms with Gasteiger partial charge < -0.3 is 4.74 Å². The highest BCUT2D eigenvalue weighted by Crippen LogP contribution is 2.22. The first kappa shape index (κ1) is 17.7. The molecule has 2 amide bonds. The third kappa shape index (κ3) is 3.46. The first-order chi connectivity index (χ1) is 12.5. The minimum atomic E-state index is -0.985. The lowest BCUT2D eigenvalue weighted by molar-refractivity contribution is 0.0480. The third-order valence-corrected chi connectivity index (χ3v) is 4.04. The van der Waals surface area contributed by atoms with Crippen LogP contribution in [0.15, 0.2) is 42.5 Å². The zero-order valence-electron chi connectivity index (χ0n) is 13.7. The highest BCUT2D eigenvalue weighted by atomic mass is 19.1. The summed E-state index contributed by atoms with van der Waals surface area (Å²) in [5.41, 5.74) is 0.429. The molecule has 2 aromatic carbocycles. The van der Waals surface area contributed by atoms with Gasteiger partial charge in [-0.05, 0) is 37.1 Å². The second-order valence-electron chi connectivity index (χ2n) is 5.77. The first-order valence-electron chi connectivity index (χ1n) is 8.06. The van der Waals surface area contributed by atoms with Crippen LogP contribution in [0.1, 0.15) is 43.9 Å². The standard InChI is InChI=1S/C19H15F2NO4/c20-12-7-8-15(16(21)11-12)19(25)26-10-4-3-9-22-17(23)13-5-1-2-6-14(13)18(22)24/h1-2,5-8,11H,3-4,9-10H2. The summed E-state index contributed by atoms with van der Waals surface area (Å²) in [6, 6.07) is 9.21. The molecular formula is C19H15F2NO4. The number of hydrogen-bond donors (Lipinski definition) is 0. The lowest BCUT2D eigenvalue weighted by Crippen LogP contribution is -2.30. The van der Waals surface area contributed by atoms with E-state index in [1.807, 2.05) is 0 Å². The Morgan fingerprint density at radius 2 is 1.62 bits per heavy atom. The van der Waals surface area contributed by atoms with E-state index in [0.29, 0.717) is 30.0 Å². The van der Waals surface area contributed by atoms with Gasteiger partial charge >= 0.3 is 5.97 Å². The molecule has 0 saturated carbocycles. The Labute approximate surface area is 148 Å². The molecular weight excluding hydrogens is 344 g/mol. The number of hydrogen-bond acceptors (Lipinski definition) is 4. The van der Waals surface area contributed by atoms with E-state index in [1.165, 1.54) is 0 Å². The molecule has 0 fully saturated rings. The molecule has 1 aliphatic rings. The SMILES string of the molecule is O=C(OCCCCN1C(=O)c2ccccc2C1=O)c1ccc(F)cc1F. The van der Waals surface area contributed by atoms with Gasteiger partial charge in [0.2, 0.25) is 0 Å². The van der Waals surface area contributed by atoms with Crippen LogP contribution in [0, 0.1) is 11.6 Å². The van der Waals surface area contributed by atoms with Crippen LogP contribution in [0.4, 0.5) is 8.78 Å². The predicted molar refractivity (Wildman–Crippen MR) is 87.7 cm³/mol. The van der Waals surface area contributed by atoms with Crippen LogP contribution in [0.2, 0.25) is 0 Å². The molecule has 1 heterocycles. The molecule has 0 saturated heterocycles. The number of unbranched alkanes of at least 4 members (excludes halogenated alkanes) is 1. The summed E-state index contributed by atoms with van der Waals surface area (Å²) in [5.74, 6) is -3.32. The molecule has 0 spiro atoms. The average molecular weight is 359 g/mol. The Bertz CT molecular complexity index is 847. The van der Waals surface area contributed by atoms with Crippen molar-refractivity contribution in [2.45, 2.75) is 12.8 Å². The van der Waals surface area contributed by atoms with Gasteiger partial charge in [0.1, 0.15) is 11.6 Å². The number of ether oxygens (including phenoxy) is 1. The summed E-state index contributed by atoms with van der Waals surface area (Å²) in [5, 5.41) is 0. The van der Waals surface area contributed by atoms with E-state index in [0.717, 1.165) is 17.0 Å². The van der Waals surface area contributed by atoms with Crippen LogP contribution in [-0.2, 0) is 4.74 Å². The largest absolute Gasteiger partial charge is 0.462 e. The van der Waals surface area contributed by atoms with Crippen molar-refractivity contribution in [2.75, 3.05) is 13.2 Å². The second-order valence-corrected chi connectivity index (χ2v) is 5.77. The summed E-state index contributed by atoms with van der Waals surface area (Å²) < 4.78 is 31.2. The summed E-state index contributed by atoms with van der Waals surface area (Å²) in [4.78, 5) is 37.3. The van der Waals surface area contributed by atoms with Crippen LogP contribution in [-0.4, -0.2) is 35.8 Å². The zero-order valence-corrected chi connectivity index (χ0v) is 13.7. The fraction of sp³-hybridized carbons (Fsp3) is 0.211. The minimum Gasteiger partial charge on any atom is -0.462 e. The maximum atomic E-state index is 13.5. The number of halogens is 2. The molecule has 7 heteroatoms. The molecule has 26 heavy (non-hydrogen) atoms. The molecule has 3 rings (SSSR count). The van der Waals surface area contributed by atoms with Gasteiger partial charge in [-0.1, -0.05) is 12.1 Å². The Morgan fingerprint density at radius 3 is 2.23 bits per heavy atom. The summed E-state index contributed by atoms with van der Waals surface area (Å²) >= 11 is 0. The molecule has 5 nitrogen and oxygen atoms in total. The van der Waals surface area contributed by atoms with Crippen molar-refractivity contribution in [1.29, 1.82) is 0 Å². The Hall–Kier alpha value is -3.09. The maximum Gasteiger partial charge on any atom is 0.341 e. The number of amides is 2. The van der Waals surface area contributed by atoms with Crippen molar-refractivity contribution in [1.82, 2.24) is 4.90 Å². The Balaban J connectivity index is 1.46. The molecule has 0 N–H and O–H groups in total. The number of carbonyl (C=O) groups is 3. The van der Waals surface area contributed by atoms with Crippen molar-refractivity contribution < 1.29 is 27.9 Å². The van der Waals surface area contributed by atoms with Gasteiger partial charge in [0.15, 0.2) is 0 Å². The molecule has 0 unspecified atom stereocenters. The molecule has 134 valence electrons. The number of fused-ring (bicyclic) bond motifs is 1. The van der Waals surface area contributed by atoms with Gasteiger partial charge in [-0.15, -0.1) is 0 Å². The number of rotatable bonds is 6. The molecule has 0 atom stereocenters. The monoisotopic (exact) mass is 359 g/mol. The average Bonchev–Trinajstić information content (AvgIpc) is 2.86. The Morgan fingerprint density at radius 1 is 0.962 bits per heavy atom. The van der Waals surface area contributed by atoms with Crippen LogP contribution in [0.5, 0.6) is 0 Å². The zero-order chi connectivity index (χ0) is 18.7. The van der Waals surface area contributed by atoms with Gasteiger partial charge in [0.25, 0.3) is 11.8 Å². The molecule has 0 radical (unpaired) electrons. The van der Waals surface area contributed by atoms with Crippen LogP contribution in [0.25, 0.3) is 0 Å². The van der Waals surface area contributed by atoms with Crippen LogP contribution in [0.3, 0.4) is 0 Å². The van der Waals surface area contributed by atoms with E-state index in [4.69, 9.17) is 4.74 Å². The number of nitrogens with zero attached hydrogens (tertiary/aromatic N) is 1. The number of benzene rings is 2. The topological polar surface area (TPSA) is 63.7 Å². The quantitative estimate of drug-likeness (QED) is 0.451. The van der Waals surface area contributed by atoms with Crippen molar-refractivity contribution in [2.24, 2.45) is 0 Å². The number of esters is 1. The van der Waals surface area contributed by atoms with Crippen molar-refractivity contribution >= 4 is 17.8 Å². The van der Waals surface area contributed by atoms with Gasteiger partial charge in [0, 0.05) is 12.6 Å². The highest BCUT2D eigenvalue weighted by molar-refractivity contribution is 6.21. The summed E-state index contributed by atoms with van der Waals surface area (Å²) in [6.45, 7) is 0.202. The maximum absolute atomic E-state index is 13.5. The van der Waals surface area contributed by atoms with Gasteiger partial charge in [-0.3, -0.25) is 14.5 Å². The van der Waals surface area contributed by atoms with E-state index in [-0.39, 0.29) is 30.5 Å². The fourth-order valence-corrected chi connectivity index (χ4v) is 2.71. The molecule has 0 bridgehead atoms. The molecule has 0 aliphatic carbocycles. The van der Waals surface area contributed by atoms with E-state index in [9.17, 15) is 23.2 Å². The lowest BCUT2D eigenvalue weighted by atomic mass is 10.1. The van der Waals surface area contributed by atoms with Gasteiger partial charge in [-0.25, -0.2) is 13.6 Å². The van der Waals surface area contributed by atoms with Crippen LogP contribution < -0.4 is 0 Å².